The van der Waals surface area contributed by atoms with Crippen LogP contribution in [0.15, 0.2) is 42.9 Å². The highest BCUT2D eigenvalue weighted by atomic mass is 19.1. The van der Waals surface area contributed by atoms with E-state index in [1.807, 2.05) is 26.8 Å². The van der Waals surface area contributed by atoms with Crippen LogP contribution in [0.1, 0.15) is 50.4 Å². The Labute approximate surface area is 208 Å². The van der Waals surface area contributed by atoms with Crippen LogP contribution in [0, 0.1) is 24.6 Å². The minimum Gasteiger partial charge on any atom is -0.381 e. The molecule has 0 unspecified atom stereocenters. The summed E-state index contributed by atoms with van der Waals surface area (Å²) in [5.41, 5.74) is 9.30. The van der Waals surface area contributed by atoms with Crippen molar-refractivity contribution in [2.75, 3.05) is 5.73 Å². The lowest BCUT2D eigenvalue weighted by atomic mass is 9.84. The second-order valence-corrected chi connectivity index (χ2v) is 11.2. The van der Waals surface area contributed by atoms with Crippen molar-refractivity contribution in [1.82, 2.24) is 19.5 Å². The number of aryl methyl sites for hydroxylation is 1. The largest absolute Gasteiger partial charge is 0.381 e. The summed E-state index contributed by atoms with van der Waals surface area (Å²) in [6, 6.07) is 9.79. The zero-order valence-electron chi connectivity index (χ0n) is 20.7. The van der Waals surface area contributed by atoms with Crippen molar-refractivity contribution >= 4 is 27.8 Å². The monoisotopic (exact) mass is 487 g/mol. The van der Waals surface area contributed by atoms with Crippen molar-refractivity contribution in [3.8, 4) is 0 Å². The summed E-state index contributed by atoms with van der Waals surface area (Å²) >= 11 is 0. The fourth-order valence-corrected chi connectivity index (χ4v) is 7.30. The van der Waals surface area contributed by atoms with Crippen molar-refractivity contribution < 1.29 is 13.9 Å². The highest BCUT2D eigenvalue weighted by Crippen LogP contribution is 2.63. The van der Waals surface area contributed by atoms with Gasteiger partial charge >= 0.3 is 0 Å². The minimum atomic E-state index is -0.626. The number of pyridine rings is 1. The number of nitrogens with zero attached hydrogens (tertiary/aromatic N) is 4. The molecule has 0 radical (unpaired) electrons. The van der Waals surface area contributed by atoms with Crippen molar-refractivity contribution in [2.45, 2.75) is 70.0 Å². The maximum atomic E-state index is 13.9. The van der Waals surface area contributed by atoms with Gasteiger partial charge in [0.1, 0.15) is 23.7 Å². The smallest absolute Gasteiger partial charge is 0.165 e. The molecule has 2 saturated carbocycles. The van der Waals surface area contributed by atoms with Gasteiger partial charge in [0, 0.05) is 17.0 Å². The first-order chi connectivity index (χ1) is 17.2. The molecule has 36 heavy (non-hydrogen) atoms. The first-order valence-electron chi connectivity index (χ1n) is 12.7. The third-order valence-corrected chi connectivity index (χ3v) is 8.70. The number of fused-ring (bicyclic) bond motifs is 2. The second-order valence-electron chi connectivity index (χ2n) is 11.2. The molecule has 3 aliphatic rings. The van der Waals surface area contributed by atoms with Crippen LogP contribution in [0.3, 0.4) is 0 Å². The first kappa shape index (κ1) is 22.1. The Bertz CT molecular complexity index is 1520. The first-order valence-corrected chi connectivity index (χ1v) is 12.7. The van der Waals surface area contributed by atoms with Gasteiger partial charge in [-0.3, -0.25) is 0 Å². The molecule has 1 aromatic carbocycles. The van der Waals surface area contributed by atoms with E-state index >= 15 is 0 Å². The summed E-state index contributed by atoms with van der Waals surface area (Å²) in [5.74, 6) is -0.355. The molecular formula is C28H30FN5O2. The summed E-state index contributed by atoms with van der Waals surface area (Å²) in [5, 5.41) is 1.85. The zero-order valence-corrected chi connectivity index (χ0v) is 20.7. The Kier molecular flexibility index (Phi) is 4.58. The molecule has 1 spiro atoms. The molecule has 4 aromatic rings. The van der Waals surface area contributed by atoms with Gasteiger partial charge in [-0.2, -0.15) is 0 Å². The highest BCUT2D eigenvalue weighted by molar-refractivity contribution is 5.81. The molecule has 7 nitrogen and oxygen atoms in total. The van der Waals surface area contributed by atoms with Crippen LogP contribution in [0.2, 0.25) is 0 Å². The summed E-state index contributed by atoms with van der Waals surface area (Å²) in [6.07, 6.45) is 7.69. The van der Waals surface area contributed by atoms with Gasteiger partial charge in [-0.05, 0) is 82.1 Å². The average Bonchev–Trinajstić information content (AvgIpc) is 3.53. The second kappa shape index (κ2) is 7.46. The van der Waals surface area contributed by atoms with Crippen LogP contribution in [0.5, 0.6) is 0 Å². The van der Waals surface area contributed by atoms with Crippen molar-refractivity contribution in [3.63, 3.8) is 0 Å². The molecule has 4 heterocycles. The lowest BCUT2D eigenvalue weighted by Crippen LogP contribution is -2.40. The molecule has 7 rings (SSSR count). The quantitative estimate of drug-likeness (QED) is 0.432. The molecule has 2 N–H and O–H groups in total. The van der Waals surface area contributed by atoms with Gasteiger partial charge in [-0.1, -0.05) is 12.1 Å². The van der Waals surface area contributed by atoms with E-state index in [2.05, 4.69) is 43.9 Å². The molecule has 1 saturated heterocycles. The normalized spacial score (nSPS) is 30.8. The van der Waals surface area contributed by atoms with Gasteiger partial charge < -0.3 is 19.8 Å². The van der Waals surface area contributed by atoms with E-state index in [-0.39, 0.29) is 23.6 Å². The maximum Gasteiger partial charge on any atom is 0.165 e. The van der Waals surface area contributed by atoms with Crippen molar-refractivity contribution in [2.24, 2.45) is 11.8 Å². The molecule has 3 fully saturated rings. The molecule has 0 amide bonds. The number of hydrogen-bond acceptors (Lipinski definition) is 6. The third kappa shape index (κ3) is 3.13. The SMILES string of the molecule is Cc1ncnc2c1ccn2[C@@H]1C[C@@H]2[C@H](Cc3ccc4cc(F)c(N)nc4c3)CC[C@@]23OC(C)(C)O[C@@H]13. The number of nitrogen functional groups attached to an aromatic ring is 1. The van der Waals surface area contributed by atoms with Crippen LogP contribution >= 0.6 is 0 Å². The van der Waals surface area contributed by atoms with Crippen LogP contribution < -0.4 is 5.73 Å². The Morgan fingerprint density at radius 1 is 1.19 bits per heavy atom. The fraction of sp³-hybridized carbons (Fsp3) is 0.464. The molecule has 0 bridgehead atoms. The van der Waals surface area contributed by atoms with Crippen LogP contribution in [0.4, 0.5) is 10.2 Å². The number of halogens is 1. The number of benzene rings is 1. The van der Waals surface area contributed by atoms with E-state index in [4.69, 9.17) is 15.2 Å². The summed E-state index contributed by atoms with van der Waals surface area (Å²) in [6.45, 7) is 6.08. The molecule has 3 aromatic heterocycles. The summed E-state index contributed by atoms with van der Waals surface area (Å²) in [4.78, 5) is 13.3. The average molecular weight is 488 g/mol. The minimum absolute atomic E-state index is 0.0329. The third-order valence-electron chi connectivity index (χ3n) is 8.70. The highest BCUT2D eigenvalue weighted by Gasteiger charge is 2.68. The van der Waals surface area contributed by atoms with Crippen molar-refractivity contribution in [3.05, 3.63) is 59.9 Å². The molecule has 1 aliphatic heterocycles. The van der Waals surface area contributed by atoms with E-state index in [0.717, 1.165) is 53.3 Å². The van der Waals surface area contributed by atoms with Gasteiger partial charge in [-0.15, -0.1) is 0 Å². The van der Waals surface area contributed by atoms with E-state index in [1.54, 1.807) is 6.33 Å². The van der Waals surface area contributed by atoms with Crippen LogP contribution in [-0.4, -0.2) is 37.0 Å². The number of nitrogens with two attached hydrogens (primary N) is 1. The Morgan fingerprint density at radius 3 is 2.92 bits per heavy atom. The van der Waals surface area contributed by atoms with Gasteiger partial charge in [0.15, 0.2) is 17.4 Å². The number of rotatable bonds is 3. The van der Waals surface area contributed by atoms with E-state index in [1.165, 1.54) is 11.6 Å². The number of aromatic nitrogens is 4. The summed E-state index contributed by atoms with van der Waals surface area (Å²) < 4.78 is 29.5. The maximum absolute atomic E-state index is 13.9. The standard InChI is InChI=1S/C28H30FN5O2/c1-15-19-7-9-34(26(19)32-14-31-15)23-13-20-17(6-8-28(20)24(23)35-27(2,3)36-28)10-16-4-5-18-12-21(29)25(30)33-22(18)11-16/h4-5,7,9,11-12,14,17,20,23-24H,6,8,10,13H2,1-3H3,(H2,30,33)/t17-,20+,23+,24-,28+/m0/s1. The fourth-order valence-electron chi connectivity index (χ4n) is 7.30. The Balaban J connectivity index is 1.24. The number of hydrogen-bond donors (Lipinski definition) is 1. The predicted molar refractivity (Wildman–Crippen MR) is 135 cm³/mol. The number of anilines is 1. The van der Waals surface area contributed by atoms with E-state index < -0.39 is 11.6 Å². The van der Waals surface area contributed by atoms with Gasteiger partial charge in [0.2, 0.25) is 0 Å². The van der Waals surface area contributed by atoms with E-state index in [0.29, 0.717) is 11.8 Å². The van der Waals surface area contributed by atoms with Gasteiger partial charge in [0.05, 0.1) is 17.3 Å². The molecular weight excluding hydrogens is 457 g/mol. The van der Waals surface area contributed by atoms with Crippen LogP contribution in [0.25, 0.3) is 21.9 Å². The van der Waals surface area contributed by atoms with Crippen molar-refractivity contribution in [1.29, 1.82) is 0 Å². The Morgan fingerprint density at radius 2 is 2.06 bits per heavy atom. The summed E-state index contributed by atoms with van der Waals surface area (Å²) in [7, 11) is 0. The molecule has 186 valence electrons. The Hall–Kier alpha value is -3.10. The molecule has 8 heteroatoms. The van der Waals surface area contributed by atoms with Gasteiger partial charge in [0.25, 0.3) is 0 Å². The number of ether oxygens (including phenoxy) is 2. The molecule has 5 atom stereocenters. The zero-order chi connectivity index (χ0) is 24.8. The lowest BCUT2D eigenvalue weighted by molar-refractivity contribution is -0.177. The van der Waals surface area contributed by atoms with E-state index in [9.17, 15) is 4.39 Å². The topological polar surface area (TPSA) is 88.1 Å². The van der Waals surface area contributed by atoms with Crippen LogP contribution in [-0.2, 0) is 15.9 Å². The predicted octanol–water partition coefficient (Wildman–Crippen LogP) is 5.11. The lowest BCUT2D eigenvalue weighted by Gasteiger charge is -2.30. The van der Waals surface area contributed by atoms with Gasteiger partial charge in [-0.25, -0.2) is 19.3 Å². The molecule has 2 aliphatic carbocycles.